The van der Waals surface area contributed by atoms with Crippen molar-refractivity contribution in [3.05, 3.63) is 39.4 Å². The molecular weight excluding hydrogens is 300 g/mol. The number of hydrogen-bond donors (Lipinski definition) is 3. The molecule has 20 heavy (non-hydrogen) atoms. The molecule has 0 aliphatic rings. The fraction of sp³-hybridized carbons (Fsp3) is 0.250. The van der Waals surface area contributed by atoms with Gasteiger partial charge in [-0.15, -0.1) is 10.1 Å². The number of benzene rings is 1. The molecule has 0 saturated carbocycles. The standard InChI is InChI=1S/C8H6F6N2.HNO3/c9-7(10,11)4-1-2-5(8(12,13)14)6(3-4)16-15;2-1(3)4/h1-3,16H,15H2;(H,2,3,4). The number of hydrazine groups is 1. The highest BCUT2D eigenvalue weighted by atomic mass is 19.4. The van der Waals surface area contributed by atoms with E-state index in [0.29, 0.717) is 18.2 Å². The Kier molecular flexibility index (Phi) is 5.57. The molecule has 0 atom stereocenters. The summed E-state index contributed by atoms with van der Waals surface area (Å²) >= 11 is 0. The van der Waals surface area contributed by atoms with E-state index in [1.165, 1.54) is 0 Å². The topological polar surface area (TPSA) is 101 Å². The Morgan fingerprint density at radius 1 is 1.15 bits per heavy atom. The Morgan fingerprint density at radius 2 is 1.60 bits per heavy atom. The van der Waals surface area contributed by atoms with Gasteiger partial charge in [-0.05, 0) is 18.2 Å². The van der Waals surface area contributed by atoms with Gasteiger partial charge in [-0.1, -0.05) is 0 Å². The first-order chi connectivity index (χ1) is 8.89. The van der Waals surface area contributed by atoms with Gasteiger partial charge in [0.05, 0.1) is 16.8 Å². The summed E-state index contributed by atoms with van der Waals surface area (Å²) in [6.07, 6.45) is -9.47. The summed E-state index contributed by atoms with van der Waals surface area (Å²) in [5.41, 5.74) is -1.67. The summed E-state index contributed by atoms with van der Waals surface area (Å²) in [5.74, 6) is 4.74. The molecule has 0 amide bonds. The minimum atomic E-state index is -4.76. The van der Waals surface area contributed by atoms with Crippen molar-refractivity contribution >= 4 is 5.69 Å². The lowest BCUT2D eigenvalue weighted by molar-refractivity contribution is -0.742. The molecule has 12 heteroatoms. The Balaban J connectivity index is 0.000000796. The zero-order chi connectivity index (χ0) is 16.1. The first kappa shape index (κ1) is 17.8. The Hall–Kier alpha value is -2.24. The minimum Gasteiger partial charge on any atom is -0.328 e. The van der Waals surface area contributed by atoms with Gasteiger partial charge in [0.25, 0.3) is 5.09 Å². The molecule has 0 aromatic heterocycles. The monoisotopic (exact) mass is 307 g/mol. The highest BCUT2D eigenvalue weighted by molar-refractivity contribution is 5.54. The van der Waals surface area contributed by atoms with Crippen molar-refractivity contribution in [3.8, 4) is 0 Å². The Labute approximate surface area is 106 Å². The van der Waals surface area contributed by atoms with Gasteiger partial charge < -0.3 is 10.6 Å². The quantitative estimate of drug-likeness (QED) is 0.320. The van der Waals surface area contributed by atoms with Crippen LogP contribution in [-0.2, 0) is 12.4 Å². The first-order valence-electron chi connectivity index (χ1n) is 4.48. The van der Waals surface area contributed by atoms with Crippen LogP contribution in [0.5, 0.6) is 0 Å². The van der Waals surface area contributed by atoms with Crippen molar-refractivity contribution < 1.29 is 36.6 Å². The van der Waals surface area contributed by atoms with Gasteiger partial charge in [0.2, 0.25) is 0 Å². The van der Waals surface area contributed by atoms with E-state index in [-0.39, 0.29) is 0 Å². The molecule has 0 bridgehead atoms. The number of halogens is 6. The molecule has 0 aliphatic carbocycles. The fourth-order valence-electron chi connectivity index (χ4n) is 1.09. The summed E-state index contributed by atoms with van der Waals surface area (Å²) in [5, 5.41) is 13.6. The molecule has 0 spiro atoms. The number of alkyl halides is 6. The fourth-order valence-corrected chi connectivity index (χ4v) is 1.09. The molecular formula is C8H7F6N3O3. The summed E-state index contributed by atoms with van der Waals surface area (Å²) in [4.78, 5) is 8.36. The Bertz CT molecular complexity index is 470. The average molecular weight is 307 g/mol. The van der Waals surface area contributed by atoms with Crippen molar-refractivity contribution in [3.63, 3.8) is 0 Å². The SMILES string of the molecule is NNc1cc(C(F)(F)F)ccc1C(F)(F)F.O=[N+]([O-])O. The Morgan fingerprint density at radius 3 is 1.90 bits per heavy atom. The second-order valence-electron chi connectivity index (χ2n) is 3.14. The minimum absolute atomic E-state index is 0.308. The molecule has 1 aromatic carbocycles. The first-order valence-corrected chi connectivity index (χ1v) is 4.48. The van der Waals surface area contributed by atoms with Crippen molar-refractivity contribution in [2.24, 2.45) is 5.84 Å². The zero-order valence-corrected chi connectivity index (χ0v) is 9.29. The number of nitrogens with one attached hydrogen (secondary N) is 1. The summed E-state index contributed by atoms with van der Waals surface area (Å²) in [7, 11) is 0. The normalized spacial score (nSPS) is 11.3. The van der Waals surface area contributed by atoms with Crippen LogP contribution in [0.1, 0.15) is 11.1 Å². The maximum absolute atomic E-state index is 12.3. The third-order valence-corrected chi connectivity index (χ3v) is 1.81. The van der Waals surface area contributed by atoms with E-state index in [2.05, 4.69) is 0 Å². The number of nitrogens with two attached hydrogens (primary N) is 1. The lowest BCUT2D eigenvalue weighted by Crippen LogP contribution is -2.16. The maximum atomic E-state index is 12.3. The van der Waals surface area contributed by atoms with Gasteiger partial charge in [0.1, 0.15) is 0 Å². The molecule has 0 radical (unpaired) electrons. The molecule has 1 rings (SSSR count). The lowest BCUT2D eigenvalue weighted by Gasteiger charge is -2.14. The van der Waals surface area contributed by atoms with Crippen molar-refractivity contribution in [1.29, 1.82) is 0 Å². The van der Waals surface area contributed by atoms with Gasteiger partial charge >= 0.3 is 12.4 Å². The number of hydrogen-bond acceptors (Lipinski definition) is 4. The van der Waals surface area contributed by atoms with Crippen molar-refractivity contribution in [2.75, 3.05) is 5.43 Å². The summed E-state index contributed by atoms with van der Waals surface area (Å²) < 4.78 is 73.4. The number of nitrogens with zero attached hydrogens (tertiary/aromatic N) is 1. The van der Waals surface area contributed by atoms with E-state index < -0.39 is 34.3 Å². The predicted molar refractivity (Wildman–Crippen MR) is 53.0 cm³/mol. The van der Waals surface area contributed by atoms with Gasteiger partial charge in [-0.2, -0.15) is 26.3 Å². The van der Waals surface area contributed by atoms with Gasteiger partial charge in [-0.25, -0.2) is 0 Å². The third kappa shape index (κ3) is 5.60. The van der Waals surface area contributed by atoms with Crippen LogP contribution in [-0.4, -0.2) is 10.3 Å². The smallest absolute Gasteiger partial charge is 0.328 e. The van der Waals surface area contributed by atoms with E-state index in [0.717, 1.165) is 0 Å². The molecule has 114 valence electrons. The highest BCUT2D eigenvalue weighted by Gasteiger charge is 2.36. The van der Waals surface area contributed by atoms with Crippen LogP contribution in [0, 0.1) is 10.1 Å². The van der Waals surface area contributed by atoms with E-state index >= 15 is 0 Å². The molecule has 4 N–H and O–H groups in total. The number of nitrogen functional groups attached to an aromatic ring is 1. The van der Waals surface area contributed by atoms with E-state index in [1.807, 2.05) is 0 Å². The van der Waals surface area contributed by atoms with Crippen LogP contribution in [0.2, 0.25) is 0 Å². The van der Waals surface area contributed by atoms with Gasteiger partial charge in [0.15, 0.2) is 0 Å². The second-order valence-corrected chi connectivity index (χ2v) is 3.14. The number of anilines is 1. The molecule has 0 fully saturated rings. The lowest BCUT2D eigenvalue weighted by atomic mass is 10.1. The molecule has 0 saturated heterocycles. The van der Waals surface area contributed by atoms with E-state index in [1.54, 1.807) is 5.43 Å². The van der Waals surface area contributed by atoms with Crippen LogP contribution < -0.4 is 11.3 Å². The van der Waals surface area contributed by atoms with Crippen molar-refractivity contribution in [2.45, 2.75) is 12.4 Å². The zero-order valence-electron chi connectivity index (χ0n) is 9.29. The third-order valence-electron chi connectivity index (χ3n) is 1.81. The molecule has 1 aromatic rings. The molecule has 0 aliphatic heterocycles. The van der Waals surface area contributed by atoms with Gasteiger partial charge in [-0.3, -0.25) is 5.84 Å². The highest BCUT2D eigenvalue weighted by Crippen LogP contribution is 2.38. The second kappa shape index (κ2) is 6.27. The van der Waals surface area contributed by atoms with Crippen LogP contribution >= 0.6 is 0 Å². The van der Waals surface area contributed by atoms with E-state index in [9.17, 15) is 26.3 Å². The van der Waals surface area contributed by atoms with Crippen molar-refractivity contribution in [1.82, 2.24) is 0 Å². The van der Waals surface area contributed by atoms with Gasteiger partial charge in [0, 0.05) is 0 Å². The summed E-state index contributed by atoms with van der Waals surface area (Å²) in [6, 6.07) is 0.991. The van der Waals surface area contributed by atoms with Crippen LogP contribution in [0.25, 0.3) is 0 Å². The molecule has 6 nitrogen and oxygen atoms in total. The summed E-state index contributed by atoms with van der Waals surface area (Å²) in [6.45, 7) is 0. The average Bonchev–Trinajstić information content (AvgIpc) is 2.25. The van der Waals surface area contributed by atoms with Crippen LogP contribution in [0.15, 0.2) is 18.2 Å². The van der Waals surface area contributed by atoms with Crippen LogP contribution in [0.4, 0.5) is 32.0 Å². The van der Waals surface area contributed by atoms with E-state index in [4.69, 9.17) is 21.2 Å². The largest absolute Gasteiger partial charge is 0.418 e. The van der Waals surface area contributed by atoms with Crippen LogP contribution in [0.3, 0.4) is 0 Å². The molecule has 0 unspecified atom stereocenters. The predicted octanol–water partition coefficient (Wildman–Crippen LogP) is 2.66. The molecule has 0 heterocycles. The number of rotatable bonds is 1. The maximum Gasteiger partial charge on any atom is 0.418 e.